The fourth-order valence-corrected chi connectivity index (χ4v) is 2.42. The first kappa shape index (κ1) is 11.5. The monoisotopic (exact) mass is 266 g/mol. The summed E-state index contributed by atoms with van der Waals surface area (Å²) in [5.74, 6) is -0.573. The molecule has 92 valence electrons. The van der Waals surface area contributed by atoms with Gasteiger partial charge in [-0.2, -0.15) is 0 Å². The summed E-state index contributed by atoms with van der Waals surface area (Å²) in [5.41, 5.74) is 1.84. The summed E-state index contributed by atoms with van der Waals surface area (Å²) in [6, 6.07) is 6.94. The highest BCUT2D eigenvalue weighted by Gasteiger charge is 2.20. The van der Waals surface area contributed by atoms with Gasteiger partial charge in [0.1, 0.15) is 17.4 Å². The van der Waals surface area contributed by atoms with Gasteiger partial charge < -0.3 is 4.74 Å². The molecule has 0 aromatic heterocycles. The number of hydrogen-bond acceptors (Lipinski definition) is 1. The lowest BCUT2D eigenvalue weighted by molar-refractivity contribution is 0.358. The third-order valence-corrected chi connectivity index (χ3v) is 3.19. The van der Waals surface area contributed by atoms with Gasteiger partial charge >= 0.3 is 0 Å². The van der Waals surface area contributed by atoms with Crippen molar-refractivity contribution in [3.05, 3.63) is 52.6 Å². The summed E-state index contributed by atoms with van der Waals surface area (Å²) in [7, 11) is 0. The van der Waals surface area contributed by atoms with E-state index in [1.54, 1.807) is 6.07 Å². The first-order valence-corrected chi connectivity index (χ1v) is 5.93. The Bertz CT molecular complexity index is 625. The standard InChI is InChI=1S/C14H9ClF2O/c15-9-5-8-3-4-18-14(8)12(6-9)11-2-1-10(16)7-13(11)17/h1-2,5-7H,3-4H2. The van der Waals surface area contributed by atoms with Gasteiger partial charge in [0.2, 0.25) is 0 Å². The third kappa shape index (κ3) is 1.85. The maximum absolute atomic E-state index is 13.8. The van der Waals surface area contributed by atoms with Crippen LogP contribution in [0.4, 0.5) is 8.78 Å². The number of rotatable bonds is 1. The van der Waals surface area contributed by atoms with Gasteiger partial charge in [-0.25, -0.2) is 8.78 Å². The van der Waals surface area contributed by atoms with Crippen molar-refractivity contribution in [2.24, 2.45) is 0 Å². The van der Waals surface area contributed by atoms with Crippen molar-refractivity contribution >= 4 is 11.6 Å². The minimum absolute atomic E-state index is 0.303. The third-order valence-electron chi connectivity index (χ3n) is 2.97. The van der Waals surface area contributed by atoms with Gasteiger partial charge in [-0.3, -0.25) is 0 Å². The molecule has 0 saturated heterocycles. The van der Waals surface area contributed by atoms with Crippen LogP contribution in [0.5, 0.6) is 5.75 Å². The molecule has 0 radical (unpaired) electrons. The molecule has 0 bridgehead atoms. The van der Waals surface area contributed by atoms with E-state index in [4.69, 9.17) is 16.3 Å². The van der Waals surface area contributed by atoms with Gasteiger partial charge in [0.05, 0.1) is 6.61 Å². The Balaban J connectivity index is 2.23. The molecule has 0 unspecified atom stereocenters. The summed E-state index contributed by atoms with van der Waals surface area (Å²) < 4.78 is 32.2. The first-order chi connectivity index (χ1) is 8.65. The van der Waals surface area contributed by atoms with E-state index in [0.29, 0.717) is 28.5 Å². The average Bonchev–Trinajstić information content (AvgIpc) is 2.76. The number of hydrogen-bond donors (Lipinski definition) is 0. The molecule has 0 atom stereocenters. The quantitative estimate of drug-likeness (QED) is 0.751. The number of benzene rings is 2. The van der Waals surface area contributed by atoms with Gasteiger partial charge in [0, 0.05) is 28.6 Å². The van der Waals surface area contributed by atoms with Gasteiger partial charge in [-0.05, 0) is 29.8 Å². The zero-order chi connectivity index (χ0) is 12.7. The Morgan fingerprint density at radius 3 is 2.67 bits per heavy atom. The van der Waals surface area contributed by atoms with Crippen LogP contribution >= 0.6 is 11.6 Å². The molecule has 0 fully saturated rings. The molecule has 0 amide bonds. The van der Waals surface area contributed by atoms with Crippen molar-refractivity contribution in [2.75, 3.05) is 6.61 Å². The summed E-state index contributed by atoms with van der Waals surface area (Å²) in [6.45, 7) is 0.561. The Labute approximate surface area is 108 Å². The zero-order valence-electron chi connectivity index (χ0n) is 9.34. The number of halogens is 3. The van der Waals surface area contributed by atoms with Gasteiger partial charge in [-0.1, -0.05) is 11.6 Å². The zero-order valence-corrected chi connectivity index (χ0v) is 10.1. The maximum atomic E-state index is 13.8. The van der Waals surface area contributed by atoms with Crippen LogP contribution in [0.25, 0.3) is 11.1 Å². The van der Waals surface area contributed by atoms with Crippen LogP contribution < -0.4 is 4.74 Å². The van der Waals surface area contributed by atoms with Crippen LogP contribution in [0, 0.1) is 11.6 Å². The normalized spacial score (nSPS) is 13.3. The lowest BCUT2D eigenvalue weighted by atomic mass is 10.0. The molecule has 0 saturated carbocycles. The molecule has 18 heavy (non-hydrogen) atoms. The van der Waals surface area contributed by atoms with Gasteiger partial charge in [0.25, 0.3) is 0 Å². The molecule has 1 aliphatic rings. The van der Waals surface area contributed by atoms with Gasteiger partial charge in [-0.15, -0.1) is 0 Å². The largest absolute Gasteiger partial charge is 0.492 e. The van der Waals surface area contributed by atoms with Crippen LogP contribution in [0.1, 0.15) is 5.56 Å². The van der Waals surface area contributed by atoms with E-state index in [9.17, 15) is 8.78 Å². The molecule has 1 heterocycles. The Morgan fingerprint density at radius 2 is 1.89 bits per heavy atom. The van der Waals surface area contributed by atoms with Gasteiger partial charge in [0.15, 0.2) is 0 Å². The Hall–Kier alpha value is -1.61. The van der Waals surface area contributed by atoms with E-state index in [2.05, 4.69) is 0 Å². The van der Waals surface area contributed by atoms with Crippen LogP contribution in [0.2, 0.25) is 5.02 Å². The summed E-state index contributed by atoms with van der Waals surface area (Å²) >= 11 is 6.01. The second-order valence-corrected chi connectivity index (χ2v) is 4.60. The van der Waals surface area contributed by atoms with E-state index >= 15 is 0 Å². The number of ether oxygens (including phenoxy) is 1. The average molecular weight is 267 g/mol. The highest BCUT2D eigenvalue weighted by Crippen LogP contribution is 2.40. The SMILES string of the molecule is Fc1ccc(-c2cc(Cl)cc3c2OCC3)c(F)c1. The van der Waals surface area contributed by atoms with E-state index in [1.165, 1.54) is 12.1 Å². The molecular formula is C14H9ClF2O. The van der Waals surface area contributed by atoms with Crippen molar-refractivity contribution < 1.29 is 13.5 Å². The fourth-order valence-electron chi connectivity index (χ4n) is 2.18. The summed E-state index contributed by atoms with van der Waals surface area (Å²) in [4.78, 5) is 0. The molecular weight excluding hydrogens is 258 g/mol. The maximum Gasteiger partial charge on any atom is 0.134 e. The molecule has 0 N–H and O–H groups in total. The molecule has 1 nitrogen and oxygen atoms in total. The number of fused-ring (bicyclic) bond motifs is 1. The van der Waals surface area contributed by atoms with Crippen molar-refractivity contribution in [3.8, 4) is 16.9 Å². The highest BCUT2D eigenvalue weighted by molar-refractivity contribution is 6.31. The molecule has 1 aliphatic heterocycles. The minimum Gasteiger partial charge on any atom is -0.492 e. The van der Waals surface area contributed by atoms with Crippen LogP contribution in [-0.2, 0) is 6.42 Å². The van der Waals surface area contributed by atoms with Crippen LogP contribution in [0.15, 0.2) is 30.3 Å². The smallest absolute Gasteiger partial charge is 0.134 e. The fraction of sp³-hybridized carbons (Fsp3) is 0.143. The molecule has 0 aliphatic carbocycles. The molecule has 2 aromatic carbocycles. The van der Waals surface area contributed by atoms with Crippen LogP contribution in [-0.4, -0.2) is 6.61 Å². The summed E-state index contributed by atoms with van der Waals surface area (Å²) in [6.07, 6.45) is 0.756. The lowest BCUT2D eigenvalue weighted by Crippen LogP contribution is -1.91. The molecule has 3 rings (SSSR count). The van der Waals surface area contributed by atoms with E-state index in [1.807, 2.05) is 6.07 Å². The summed E-state index contributed by atoms with van der Waals surface area (Å²) in [5, 5.41) is 0.526. The molecule has 2 aromatic rings. The first-order valence-electron chi connectivity index (χ1n) is 5.56. The van der Waals surface area contributed by atoms with E-state index in [-0.39, 0.29) is 0 Å². The van der Waals surface area contributed by atoms with Crippen LogP contribution in [0.3, 0.4) is 0 Å². The predicted octanol–water partition coefficient (Wildman–Crippen LogP) is 4.22. The van der Waals surface area contributed by atoms with Crippen molar-refractivity contribution in [1.29, 1.82) is 0 Å². The molecule has 4 heteroatoms. The lowest BCUT2D eigenvalue weighted by Gasteiger charge is -2.10. The van der Waals surface area contributed by atoms with E-state index in [0.717, 1.165) is 18.1 Å². The minimum atomic E-state index is -0.616. The second-order valence-electron chi connectivity index (χ2n) is 4.16. The topological polar surface area (TPSA) is 9.23 Å². The predicted molar refractivity (Wildman–Crippen MR) is 66.0 cm³/mol. The molecule has 0 spiro atoms. The van der Waals surface area contributed by atoms with Crippen molar-refractivity contribution in [1.82, 2.24) is 0 Å². The van der Waals surface area contributed by atoms with Crippen molar-refractivity contribution in [3.63, 3.8) is 0 Å². The van der Waals surface area contributed by atoms with Crippen molar-refractivity contribution in [2.45, 2.75) is 6.42 Å². The Morgan fingerprint density at radius 1 is 1.06 bits per heavy atom. The highest BCUT2D eigenvalue weighted by atomic mass is 35.5. The Kier molecular flexibility index (Phi) is 2.71. The second kappa shape index (κ2) is 4.25. The van der Waals surface area contributed by atoms with E-state index < -0.39 is 11.6 Å².